The molecule has 1 saturated heterocycles. The molecule has 3 heterocycles. The number of piperazine rings is 1. The molecule has 0 aromatic carbocycles. The predicted octanol–water partition coefficient (Wildman–Crippen LogP) is 2.91. The molecule has 26 heavy (non-hydrogen) atoms. The van der Waals surface area contributed by atoms with E-state index in [4.69, 9.17) is 0 Å². The lowest BCUT2D eigenvalue weighted by molar-refractivity contribution is -0.139. The number of thiophene rings is 1. The van der Waals surface area contributed by atoms with E-state index in [0.717, 1.165) is 57.9 Å². The van der Waals surface area contributed by atoms with Crippen LogP contribution in [-0.2, 0) is 16.8 Å². The number of carbonyl (C=O) groups is 1. The number of carbonyl (C=O) groups excluding carboxylic acids is 1. The summed E-state index contributed by atoms with van der Waals surface area (Å²) in [6.07, 6.45) is 8.29. The molecule has 0 unspecified atom stereocenters. The summed E-state index contributed by atoms with van der Waals surface area (Å²) in [7, 11) is 0. The molecule has 5 nitrogen and oxygen atoms in total. The summed E-state index contributed by atoms with van der Waals surface area (Å²) in [5, 5.41) is 2.11. The maximum Gasteiger partial charge on any atom is 0.234 e. The molecule has 4 rings (SSSR count). The van der Waals surface area contributed by atoms with E-state index in [1.54, 1.807) is 11.3 Å². The van der Waals surface area contributed by atoms with Gasteiger partial charge in [-0.3, -0.25) is 9.69 Å². The second-order valence-corrected chi connectivity index (χ2v) is 8.52. The van der Waals surface area contributed by atoms with Gasteiger partial charge >= 0.3 is 0 Å². The standard InChI is InChI=1S/C20H28N4OS/c1-17-21-8-9-23(17)13-10-22-11-14-24(15-12-22)19(25)20(6-2-3-7-20)18-5-4-16-26-18/h4-5,8-9,16H,2-3,6-7,10-15H2,1H3. The summed E-state index contributed by atoms with van der Waals surface area (Å²) in [6.45, 7) is 7.69. The van der Waals surface area contributed by atoms with Gasteiger partial charge in [-0.1, -0.05) is 18.9 Å². The Labute approximate surface area is 159 Å². The first-order valence-electron chi connectivity index (χ1n) is 9.72. The van der Waals surface area contributed by atoms with Crippen LogP contribution in [0.2, 0.25) is 0 Å². The molecule has 0 bridgehead atoms. The molecule has 1 aliphatic heterocycles. The van der Waals surface area contributed by atoms with Crippen LogP contribution in [0.5, 0.6) is 0 Å². The quantitative estimate of drug-likeness (QED) is 0.810. The lowest BCUT2D eigenvalue weighted by Crippen LogP contribution is -2.54. The highest BCUT2D eigenvalue weighted by Crippen LogP contribution is 2.44. The Morgan fingerprint density at radius 3 is 2.58 bits per heavy atom. The highest BCUT2D eigenvalue weighted by atomic mass is 32.1. The third-order valence-corrected chi connectivity index (χ3v) is 7.17. The monoisotopic (exact) mass is 372 g/mol. The molecule has 1 amide bonds. The van der Waals surface area contributed by atoms with Crippen LogP contribution < -0.4 is 0 Å². The van der Waals surface area contributed by atoms with Gasteiger partial charge in [0.25, 0.3) is 0 Å². The van der Waals surface area contributed by atoms with Crippen molar-refractivity contribution in [3.63, 3.8) is 0 Å². The fourth-order valence-electron chi connectivity index (χ4n) is 4.46. The van der Waals surface area contributed by atoms with E-state index >= 15 is 0 Å². The maximum atomic E-state index is 13.4. The molecule has 1 saturated carbocycles. The highest BCUT2D eigenvalue weighted by molar-refractivity contribution is 7.10. The third kappa shape index (κ3) is 3.32. The van der Waals surface area contributed by atoms with Crippen molar-refractivity contribution in [2.24, 2.45) is 0 Å². The van der Waals surface area contributed by atoms with Crippen LogP contribution in [0.4, 0.5) is 0 Å². The summed E-state index contributed by atoms with van der Waals surface area (Å²) < 4.78 is 2.20. The number of aromatic nitrogens is 2. The van der Waals surface area contributed by atoms with Gasteiger partial charge in [0.05, 0.1) is 5.41 Å². The average Bonchev–Trinajstić information content (AvgIpc) is 3.42. The molecule has 0 spiro atoms. The van der Waals surface area contributed by atoms with E-state index in [9.17, 15) is 4.79 Å². The smallest absolute Gasteiger partial charge is 0.234 e. The largest absolute Gasteiger partial charge is 0.339 e. The van der Waals surface area contributed by atoms with E-state index < -0.39 is 0 Å². The van der Waals surface area contributed by atoms with E-state index in [0.29, 0.717) is 5.91 Å². The number of hydrogen-bond donors (Lipinski definition) is 0. The van der Waals surface area contributed by atoms with Crippen molar-refractivity contribution >= 4 is 17.2 Å². The topological polar surface area (TPSA) is 41.4 Å². The molecular weight excluding hydrogens is 344 g/mol. The average molecular weight is 373 g/mol. The Morgan fingerprint density at radius 1 is 1.19 bits per heavy atom. The van der Waals surface area contributed by atoms with Crippen LogP contribution in [-0.4, -0.2) is 58.0 Å². The number of nitrogens with zero attached hydrogens (tertiary/aromatic N) is 4. The number of rotatable bonds is 5. The predicted molar refractivity (Wildman–Crippen MR) is 104 cm³/mol. The van der Waals surface area contributed by atoms with Gasteiger partial charge in [-0.05, 0) is 31.2 Å². The van der Waals surface area contributed by atoms with Crippen molar-refractivity contribution in [3.05, 3.63) is 40.6 Å². The van der Waals surface area contributed by atoms with Crippen LogP contribution in [0.25, 0.3) is 0 Å². The van der Waals surface area contributed by atoms with E-state index in [-0.39, 0.29) is 5.41 Å². The number of hydrogen-bond acceptors (Lipinski definition) is 4. The molecule has 0 N–H and O–H groups in total. The Morgan fingerprint density at radius 2 is 1.96 bits per heavy atom. The molecule has 2 aromatic rings. The summed E-state index contributed by atoms with van der Waals surface area (Å²) in [6, 6.07) is 4.25. The van der Waals surface area contributed by atoms with Crippen molar-refractivity contribution in [1.82, 2.24) is 19.4 Å². The Hall–Kier alpha value is -1.66. The Balaban J connectivity index is 1.35. The van der Waals surface area contributed by atoms with Crippen molar-refractivity contribution in [1.29, 1.82) is 0 Å². The molecule has 6 heteroatoms. The van der Waals surface area contributed by atoms with Gasteiger partial charge in [0.2, 0.25) is 5.91 Å². The maximum absolute atomic E-state index is 13.4. The van der Waals surface area contributed by atoms with Crippen molar-refractivity contribution in [2.45, 2.75) is 44.6 Å². The zero-order chi connectivity index (χ0) is 18.0. The van der Waals surface area contributed by atoms with Crippen LogP contribution in [0.1, 0.15) is 36.4 Å². The molecule has 0 atom stereocenters. The first-order chi connectivity index (χ1) is 12.7. The molecule has 2 aliphatic rings. The van der Waals surface area contributed by atoms with Gasteiger partial charge in [0, 0.05) is 56.5 Å². The lowest BCUT2D eigenvalue weighted by Gasteiger charge is -2.39. The van der Waals surface area contributed by atoms with Gasteiger partial charge in [-0.15, -0.1) is 11.3 Å². The van der Waals surface area contributed by atoms with Crippen molar-refractivity contribution in [3.8, 4) is 0 Å². The molecular formula is C20H28N4OS. The lowest BCUT2D eigenvalue weighted by atomic mass is 9.82. The Kier molecular flexibility index (Phi) is 5.14. The van der Waals surface area contributed by atoms with Crippen LogP contribution in [0, 0.1) is 6.92 Å². The van der Waals surface area contributed by atoms with Gasteiger partial charge < -0.3 is 9.47 Å². The van der Waals surface area contributed by atoms with Crippen LogP contribution >= 0.6 is 11.3 Å². The van der Waals surface area contributed by atoms with Crippen LogP contribution in [0.15, 0.2) is 29.9 Å². The van der Waals surface area contributed by atoms with Gasteiger partial charge in [0.1, 0.15) is 5.82 Å². The van der Waals surface area contributed by atoms with E-state index in [1.807, 2.05) is 19.3 Å². The minimum atomic E-state index is -0.232. The molecule has 2 fully saturated rings. The zero-order valence-corrected chi connectivity index (χ0v) is 16.4. The first kappa shape index (κ1) is 17.7. The fourth-order valence-corrected chi connectivity index (χ4v) is 5.44. The van der Waals surface area contributed by atoms with E-state index in [2.05, 4.69) is 36.9 Å². The second-order valence-electron chi connectivity index (χ2n) is 7.57. The van der Waals surface area contributed by atoms with Gasteiger partial charge in [-0.2, -0.15) is 0 Å². The molecule has 2 aromatic heterocycles. The zero-order valence-electron chi connectivity index (χ0n) is 15.6. The summed E-state index contributed by atoms with van der Waals surface area (Å²) in [5.74, 6) is 1.44. The highest BCUT2D eigenvalue weighted by Gasteiger charge is 2.46. The fraction of sp³-hybridized carbons (Fsp3) is 0.600. The van der Waals surface area contributed by atoms with E-state index in [1.165, 1.54) is 17.7 Å². The Bertz CT molecular complexity index is 725. The van der Waals surface area contributed by atoms with Gasteiger partial charge in [0.15, 0.2) is 0 Å². The minimum Gasteiger partial charge on any atom is -0.339 e. The van der Waals surface area contributed by atoms with Gasteiger partial charge in [-0.25, -0.2) is 4.98 Å². The number of amides is 1. The summed E-state index contributed by atoms with van der Waals surface area (Å²) in [4.78, 5) is 23.6. The molecule has 1 aliphatic carbocycles. The van der Waals surface area contributed by atoms with Crippen LogP contribution in [0.3, 0.4) is 0 Å². The molecule has 0 radical (unpaired) electrons. The normalized spacial score (nSPS) is 20.6. The minimum absolute atomic E-state index is 0.232. The molecule has 140 valence electrons. The number of aryl methyl sites for hydroxylation is 1. The number of imidazole rings is 1. The summed E-state index contributed by atoms with van der Waals surface area (Å²) in [5.41, 5.74) is -0.232. The SMILES string of the molecule is Cc1nccn1CCN1CCN(C(=O)C2(c3cccs3)CCCC2)CC1. The first-order valence-corrected chi connectivity index (χ1v) is 10.6. The third-order valence-electron chi connectivity index (χ3n) is 6.10. The van der Waals surface area contributed by atoms with Crippen molar-refractivity contribution in [2.75, 3.05) is 32.7 Å². The second kappa shape index (κ2) is 7.53. The summed E-state index contributed by atoms with van der Waals surface area (Å²) >= 11 is 1.75. The van der Waals surface area contributed by atoms with Crippen molar-refractivity contribution < 1.29 is 4.79 Å².